The van der Waals surface area contributed by atoms with E-state index in [9.17, 15) is 30.3 Å². The zero-order chi connectivity index (χ0) is 33.8. The summed E-state index contributed by atoms with van der Waals surface area (Å²) in [5.74, 6) is -0.185. The van der Waals surface area contributed by atoms with Crippen molar-refractivity contribution in [2.75, 3.05) is 13.2 Å². The van der Waals surface area contributed by atoms with E-state index in [-0.39, 0.29) is 12.5 Å². The largest absolute Gasteiger partial charge is 0.394 e. The molecule has 0 bridgehead atoms. The summed E-state index contributed by atoms with van der Waals surface area (Å²) in [7, 11) is 0. The fourth-order valence-corrected chi connectivity index (χ4v) is 5.98. The van der Waals surface area contributed by atoms with Crippen LogP contribution in [0, 0.1) is 0 Å². The van der Waals surface area contributed by atoms with Crippen LogP contribution < -0.4 is 5.32 Å². The summed E-state index contributed by atoms with van der Waals surface area (Å²) in [6, 6.07) is -0.794. The molecule has 6 N–H and O–H groups in total. The molecular weight excluding hydrogens is 586 g/mol. The Labute approximate surface area is 280 Å². The minimum absolute atomic E-state index is 0.185. The molecule has 0 spiro atoms. The van der Waals surface area contributed by atoms with E-state index in [1.807, 2.05) is 6.08 Å². The lowest BCUT2D eigenvalue weighted by molar-refractivity contribution is -0.302. The second-order valence-electron chi connectivity index (χ2n) is 13.4. The Kier molecular flexibility index (Phi) is 27.0. The third-order valence-corrected chi connectivity index (χ3v) is 9.11. The second kappa shape index (κ2) is 28.9. The van der Waals surface area contributed by atoms with Crippen LogP contribution in [0.1, 0.15) is 162 Å². The van der Waals surface area contributed by atoms with Gasteiger partial charge in [-0.05, 0) is 19.3 Å². The number of unbranched alkanes of at least 4 members (excludes halogenated alkanes) is 20. The van der Waals surface area contributed by atoms with Crippen molar-refractivity contribution in [2.24, 2.45) is 0 Å². The molecule has 7 atom stereocenters. The first kappa shape index (κ1) is 43.0. The van der Waals surface area contributed by atoms with Gasteiger partial charge in [0.1, 0.15) is 24.4 Å². The summed E-state index contributed by atoms with van der Waals surface area (Å²) in [4.78, 5) is 12.7. The van der Waals surface area contributed by atoms with Gasteiger partial charge in [-0.25, -0.2) is 0 Å². The van der Waals surface area contributed by atoms with Crippen molar-refractivity contribution in [1.29, 1.82) is 0 Å². The Balaban J connectivity index is 2.42. The third kappa shape index (κ3) is 20.3. The van der Waals surface area contributed by atoms with Crippen LogP contribution in [0.3, 0.4) is 0 Å². The molecule has 1 aliphatic heterocycles. The summed E-state index contributed by atoms with van der Waals surface area (Å²) in [5, 5.41) is 53.7. The smallest absolute Gasteiger partial charge is 0.220 e. The molecule has 1 amide bonds. The van der Waals surface area contributed by atoms with Gasteiger partial charge in [0.25, 0.3) is 0 Å². The van der Waals surface area contributed by atoms with Crippen LogP contribution in [0.4, 0.5) is 0 Å². The van der Waals surface area contributed by atoms with Crippen LogP contribution in [0.2, 0.25) is 0 Å². The molecule has 0 aromatic heterocycles. The predicted molar refractivity (Wildman–Crippen MR) is 184 cm³/mol. The first-order valence-electron chi connectivity index (χ1n) is 18.9. The van der Waals surface area contributed by atoms with Crippen LogP contribution >= 0.6 is 0 Å². The molecular formula is C37H71NO8. The van der Waals surface area contributed by atoms with Crippen LogP contribution in [-0.2, 0) is 14.3 Å². The molecule has 0 radical (unpaired) electrons. The van der Waals surface area contributed by atoms with Crippen molar-refractivity contribution in [1.82, 2.24) is 5.32 Å². The molecule has 0 saturated carbocycles. The van der Waals surface area contributed by atoms with E-state index < -0.39 is 49.5 Å². The maximum absolute atomic E-state index is 12.7. The quantitative estimate of drug-likeness (QED) is 0.0394. The second-order valence-corrected chi connectivity index (χ2v) is 13.4. The average molecular weight is 658 g/mol. The molecule has 46 heavy (non-hydrogen) atoms. The molecule has 1 saturated heterocycles. The monoisotopic (exact) mass is 658 g/mol. The van der Waals surface area contributed by atoms with Gasteiger partial charge in [0.15, 0.2) is 6.29 Å². The van der Waals surface area contributed by atoms with Gasteiger partial charge in [-0.3, -0.25) is 4.79 Å². The zero-order valence-corrected chi connectivity index (χ0v) is 29.3. The number of carbonyl (C=O) groups is 1. The number of ether oxygens (including phenoxy) is 2. The number of rotatable bonds is 30. The normalized spacial score (nSPS) is 23.2. The van der Waals surface area contributed by atoms with Gasteiger partial charge in [0.05, 0.1) is 25.4 Å². The van der Waals surface area contributed by atoms with Crippen molar-refractivity contribution in [3.8, 4) is 0 Å². The summed E-state index contributed by atoms with van der Waals surface area (Å²) in [5.41, 5.74) is 0. The first-order chi connectivity index (χ1) is 22.3. The molecule has 272 valence electrons. The van der Waals surface area contributed by atoms with Gasteiger partial charge in [0.2, 0.25) is 5.91 Å². The maximum atomic E-state index is 12.7. The van der Waals surface area contributed by atoms with E-state index in [2.05, 4.69) is 19.2 Å². The van der Waals surface area contributed by atoms with E-state index in [1.54, 1.807) is 6.08 Å². The minimum atomic E-state index is -1.56. The molecule has 9 nitrogen and oxygen atoms in total. The lowest BCUT2D eigenvalue weighted by atomic mass is 9.99. The molecule has 0 aromatic carbocycles. The van der Waals surface area contributed by atoms with E-state index in [1.165, 1.54) is 103 Å². The SMILES string of the molecule is CCCCCCCCCCCCCCCC/C=C/[C@@H](O)[C@H](CO[C@@H]1O[C@H](CO)[C@H](O)C(O)C1O)NC(=O)CCCCCCCCC. The number of aliphatic hydroxyl groups excluding tert-OH is 5. The summed E-state index contributed by atoms with van der Waals surface area (Å²) < 4.78 is 11.1. The maximum Gasteiger partial charge on any atom is 0.220 e. The van der Waals surface area contributed by atoms with E-state index in [0.717, 1.165) is 38.5 Å². The number of carbonyl (C=O) groups excluding carboxylic acids is 1. The lowest BCUT2D eigenvalue weighted by Gasteiger charge is -2.40. The molecule has 1 fully saturated rings. The Hall–Kier alpha value is -1.07. The summed E-state index contributed by atoms with van der Waals surface area (Å²) in [6.07, 6.45) is 22.7. The van der Waals surface area contributed by atoms with Crippen LogP contribution in [0.25, 0.3) is 0 Å². The highest BCUT2D eigenvalue weighted by molar-refractivity contribution is 5.76. The molecule has 2 unspecified atom stereocenters. The van der Waals surface area contributed by atoms with Crippen molar-refractivity contribution in [3.05, 3.63) is 12.2 Å². The molecule has 0 aliphatic carbocycles. The van der Waals surface area contributed by atoms with E-state index in [4.69, 9.17) is 9.47 Å². The number of nitrogens with one attached hydrogen (secondary N) is 1. The number of hydrogen-bond donors (Lipinski definition) is 6. The van der Waals surface area contributed by atoms with E-state index in [0.29, 0.717) is 6.42 Å². The van der Waals surface area contributed by atoms with E-state index >= 15 is 0 Å². The number of amides is 1. The van der Waals surface area contributed by atoms with Crippen molar-refractivity contribution in [2.45, 2.75) is 204 Å². The number of aliphatic hydroxyl groups is 5. The number of hydrogen-bond acceptors (Lipinski definition) is 8. The molecule has 0 aromatic rings. The minimum Gasteiger partial charge on any atom is -0.394 e. The van der Waals surface area contributed by atoms with Gasteiger partial charge in [-0.1, -0.05) is 148 Å². The average Bonchev–Trinajstić information content (AvgIpc) is 3.05. The zero-order valence-electron chi connectivity index (χ0n) is 29.3. The van der Waals surface area contributed by atoms with Crippen molar-refractivity contribution >= 4 is 5.91 Å². The number of allylic oxidation sites excluding steroid dienone is 1. The van der Waals surface area contributed by atoms with Gasteiger partial charge in [-0.15, -0.1) is 0 Å². The third-order valence-electron chi connectivity index (χ3n) is 9.11. The molecule has 1 rings (SSSR count). The molecule has 1 aliphatic rings. The fraction of sp³-hybridized carbons (Fsp3) is 0.919. The van der Waals surface area contributed by atoms with Crippen LogP contribution in [-0.4, -0.2) is 87.5 Å². The fourth-order valence-electron chi connectivity index (χ4n) is 5.98. The van der Waals surface area contributed by atoms with Crippen molar-refractivity contribution < 1.29 is 39.8 Å². The summed E-state index contributed by atoms with van der Waals surface area (Å²) in [6.45, 7) is 3.70. The predicted octanol–water partition coefficient (Wildman–Crippen LogP) is 6.22. The van der Waals surface area contributed by atoms with Gasteiger partial charge < -0.3 is 40.3 Å². The Morgan fingerprint density at radius 1 is 0.717 bits per heavy atom. The van der Waals surface area contributed by atoms with Gasteiger partial charge in [-0.2, -0.15) is 0 Å². The first-order valence-corrected chi connectivity index (χ1v) is 18.9. The highest BCUT2D eigenvalue weighted by atomic mass is 16.7. The van der Waals surface area contributed by atoms with Crippen LogP contribution in [0.5, 0.6) is 0 Å². The standard InChI is InChI=1S/C37H71NO8/c1-3-5-7-9-11-12-13-14-15-16-17-18-19-21-22-24-26-31(40)30(38-33(41)27-25-23-20-10-8-6-4-2)29-45-37-36(44)35(43)34(42)32(28-39)46-37/h24,26,30-32,34-37,39-40,42-44H,3-23,25,27-29H2,1-2H3,(H,38,41)/b26-24+/t30-,31+,32+,34-,35?,36?,37+/m0/s1. The summed E-state index contributed by atoms with van der Waals surface area (Å²) >= 11 is 0. The Bertz CT molecular complexity index is 736. The van der Waals surface area contributed by atoms with Crippen molar-refractivity contribution in [3.63, 3.8) is 0 Å². The Morgan fingerprint density at radius 3 is 1.70 bits per heavy atom. The highest BCUT2D eigenvalue weighted by Crippen LogP contribution is 2.22. The van der Waals surface area contributed by atoms with Crippen LogP contribution in [0.15, 0.2) is 12.2 Å². The highest BCUT2D eigenvalue weighted by Gasteiger charge is 2.44. The molecule has 9 heteroatoms. The molecule has 1 heterocycles. The lowest BCUT2D eigenvalue weighted by Crippen LogP contribution is -2.60. The van der Waals surface area contributed by atoms with Gasteiger partial charge in [0, 0.05) is 6.42 Å². The topological polar surface area (TPSA) is 149 Å². The Morgan fingerprint density at radius 2 is 1.20 bits per heavy atom. The van der Waals surface area contributed by atoms with Gasteiger partial charge >= 0.3 is 0 Å².